The molecule has 6 nitrogen and oxygen atoms in total. The summed E-state index contributed by atoms with van der Waals surface area (Å²) in [7, 11) is 1.39. The van der Waals surface area contributed by atoms with Crippen LogP contribution in [0.3, 0.4) is 0 Å². The van der Waals surface area contributed by atoms with Crippen molar-refractivity contribution in [3.8, 4) is 10.4 Å². The quantitative estimate of drug-likeness (QED) is 0.419. The fraction of sp³-hybridized carbons (Fsp3) is 0.480. The molecular formula is C25H32N4O2S. The highest BCUT2D eigenvalue weighted by atomic mass is 32.1. The molecule has 0 aliphatic heterocycles. The van der Waals surface area contributed by atoms with E-state index in [1.54, 1.807) is 17.5 Å². The van der Waals surface area contributed by atoms with Crippen LogP contribution in [0.25, 0.3) is 10.4 Å². The first-order valence-electron chi connectivity index (χ1n) is 11.4. The molecular weight excluding hydrogens is 420 g/mol. The van der Waals surface area contributed by atoms with Gasteiger partial charge in [0.1, 0.15) is 11.4 Å². The van der Waals surface area contributed by atoms with Crippen LogP contribution in [0.5, 0.6) is 0 Å². The summed E-state index contributed by atoms with van der Waals surface area (Å²) >= 11 is 1.61. The van der Waals surface area contributed by atoms with Gasteiger partial charge < -0.3 is 10.1 Å². The Balaban J connectivity index is 1.69. The summed E-state index contributed by atoms with van der Waals surface area (Å²) in [6, 6.07) is 7.94. The summed E-state index contributed by atoms with van der Waals surface area (Å²) in [5, 5.41) is 10.3. The van der Waals surface area contributed by atoms with E-state index >= 15 is 0 Å². The molecule has 0 unspecified atom stereocenters. The average Bonchev–Trinajstić information content (AvgIpc) is 3.44. The van der Waals surface area contributed by atoms with E-state index in [1.165, 1.54) is 32.1 Å². The molecule has 32 heavy (non-hydrogen) atoms. The van der Waals surface area contributed by atoms with Crippen LogP contribution in [0.15, 0.2) is 35.8 Å². The molecule has 0 aromatic carbocycles. The number of thiophene rings is 1. The molecule has 0 amide bonds. The normalized spacial score (nSPS) is 15.7. The molecule has 170 valence electrons. The van der Waals surface area contributed by atoms with Gasteiger partial charge in [-0.25, -0.2) is 9.78 Å². The van der Waals surface area contributed by atoms with Crippen molar-refractivity contribution in [1.29, 1.82) is 0 Å². The monoisotopic (exact) mass is 452 g/mol. The number of aromatic nitrogens is 3. The molecule has 4 rings (SSSR count). The Morgan fingerprint density at radius 3 is 2.72 bits per heavy atom. The van der Waals surface area contributed by atoms with E-state index in [4.69, 9.17) is 9.84 Å². The molecule has 0 atom stereocenters. The van der Waals surface area contributed by atoms with Gasteiger partial charge in [0.15, 0.2) is 5.82 Å². The smallest absolute Gasteiger partial charge is 0.341 e. The number of hydrogen-bond donors (Lipinski definition) is 1. The Labute approximate surface area is 194 Å². The molecule has 3 aromatic heterocycles. The fourth-order valence-corrected chi connectivity index (χ4v) is 5.27. The second kappa shape index (κ2) is 9.45. The van der Waals surface area contributed by atoms with Crippen LogP contribution < -0.4 is 5.32 Å². The van der Waals surface area contributed by atoms with Gasteiger partial charge in [-0.05, 0) is 49.6 Å². The minimum atomic E-state index is -0.417. The van der Waals surface area contributed by atoms with Crippen molar-refractivity contribution >= 4 is 28.9 Å². The number of nitrogens with one attached hydrogen (secondary N) is 1. The number of anilines is 2. The van der Waals surface area contributed by atoms with Crippen LogP contribution >= 0.6 is 11.3 Å². The van der Waals surface area contributed by atoms with Gasteiger partial charge in [-0.1, -0.05) is 39.2 Å². The van der Waals surface area contributed by atoms with Crippen LogP contribution in [0.4, 0.5) is 11.6 Å². The summed E-state index contributed by atoms with van der Waals surface area (Å²) in [6.45, 7) is 6.78. The van der Waals surface area contributed by atoms with Crippen molar-refractivity contribution in [3.05, 3.63) is 47.1 Å². The number of ether oxygens (including phenoxy) is 1. The molecule has 3 heterocycles. The summed E-state index contributed by atoms with van der Waals surface area (Å²) in [6.07, 6.45) is 8.79. The minimum Gasteiger partial charge on any atom is -0.465 e. The van der Waals surface area contributed by atoms with E-state index in [9.17, 15) is 4.79 Å². The molecule has 1 fully saturated rings. The lowest BCUT2D eigenvalue weighted by atomic mass is 9.83. The zero-order chi connectivity index (χ0) is 22.7. The van der Waals surface area contributed by atoms with Crippen LogP contribution in [0.1, 0.15) is 68.9 Å². The predicted molar refractivity (Wildman–Crippen MR) is 130 cm³/mol. The highest BCUT2D eigenvalue weighted by Crippen LogP contribution is 2.37. The summed E-state index contributed by atoms with van der Waals surface area (Å²) < 4.78 is 7.27. The van der Waals surface area contributed by atoms with Crippen molar-refractivity contribution in [1.82, 2.24) is 14.8 Å². The van der Waals surface area contributed by atoms with Gasteiger partial charge in [0.25, 0.3) is 0 Å². The van der Waals surface area contributed by atoms with Crippen molar-refractivity contribution in [2.75, 3.05) is 12.4 Å². The molecule has 1 N–H and O–H groups in total. The van der Waals surface area contributed by atoms with E-state index in [-0.39, 0.29) is 5.54 Å². The van der Waals surface area contributed by atoms with Crippen molar-refractivity contribution in [2.24, 2.45) is 5.92 Å². The van der Waals surface area contributed by atoms with Crippen LogP contribution in [-0.4, -0.2) is 27.8 Å². The largest absolute Gasteiger partial charge is 0.465 e. The van der Waals surface area contributed by atoms with Crippen molar-refractivity contribution in [2.45, 2.75) is 64.8 Å². The van der Waals surface area contributed by atoms with Gasteiger partial charge in [0, 0.05) is 28.4 Å². The van der Waals surface area contributed by atoms with E-state index < -0.39 is 5.97 Å². The fourth-order valence-electron chi connectivity index (χ4n) is 4.57. The lowest BCUT2D eigenvalue weighted by Crippen LogP contribution is -2.35. The SMILES string of the molecule is COC(=O)c1cc(-c2cccs2)cnc1Nc1cc(CC(C)C)n(C2(C)CCCCC2)n1. The van der Waals surface area contributed by atoms with Crippen LogP contribution in [-0.2, 0) is 16.7 Å². The maximum absolute atomic E-state index is 12.5. The first-order valence-corrected chi connectivity index (χ1v) is 12.3. The average molecular weight is 453 g/mol. The molecule has 1 saturated carbocycles. The van der Waals surface area contributed by atoms with Gasteiger partial charge in [0.2, 0.25) is 0 Å². The molecule has 0 radical (unpaired) electrons. The molecule has 0 spiro atoms. The van der Waals surface area contributed by atoms with Gasteiger partial charge in [-0.15, -0.1) is 11.3 Å². The van der Waals surface area contributed by atoms with Gasteiger partial charge in [-0.3, -0.25) is 4.68 Å². The van der Waals surface area contributed by atoms with Gasteiger partial charge in [-0.2, -0.15) is 5.10 Å². The van der Waals surface area contributed by atoms with Gasteiger partial charge >= 0.3 is 5.97 Å². The van der Waals surface area contributed by atoms with Crippen molar-refractivity contribution < 1.29 is 9.53 Å². The van der Waals surface area contributed by atoms with E-state index in [0.717, 1.165) is 29.7 Å². The molecule has 1 aliphatic carbocycles. The molecule has 1 aliphatic rings. The van der Waals surface area contributed by atoms with Crippen LogP contribution in [0.2, 0.25) is 0 Å². The Bertz CT molecular complexity index is 1070. The topological polar surface area (TPSA) is 69.0 Å². The Hall–Kier alpha value is -2.67. The molecule has 3 aromatic rings. The Kier molecular flexibility index (Phi) is 6.65. The van der Waals surface area contributed by atoms with Crippen LogP contribution in [0, 0.1) is 5.92 Å². The number of methoxy groups -OCH3 is 1. The second-order valence-electron chi connectivity index (χ2n) is 9.30. The maximum atomic E-state index is 12.5. The highest BCUT2D eigenvalue weighted by molar-refractivity contribution is 7.13. The maximum Gasteiger partial charge on any atom is 0.341 e. The number of rotatable bonds is 7. The predicted octanol–water partition coefficient (Wildman–Crippen LogP) is 6.41. The number of esters is 1. The third-order valence-electron chi connectivity index (χ3n) is 6.19. The number of carbonyl (C=O) groups excluding carboxylic acids is 1. The number of pyridine rings is 1. The van der Waals surface area contributed by atoms with Gasteiger partial charge in [0.05, 0.1) is 12.6 Å². The summed E-state index contributed by atoms with van der Waals surface area (Å²) in [5.41, 5.74) is 2.56. The van der Waals surface area contributed by atoms with E-state index in [0.29, 0.717) is 23.1 Å². The first-order chi connectivity index (χ1) is 15.4. The third kappa shape index (κ3) is 4.72. The molecule has 0 saturated heterocycles. The second-order valence-corrected chi connectivity index (χ2v) is 10.3. The Morgan fingerprint density at radius 2 is 2.06 bits per heavy atom. The first kappa shape index (κ1) is 22.5. The zero-order valence-electron chi connectivity index (χ0n) is 19.4. The standard InChI is InChI=1S/C25H32N4O2S/c1-17(2)13-19-15-22(28-29(19)25(3)10-6-5-7-11-25)27-23-20(24(30)31-4)14-18(16-26-23)21-9-8-12-32-21/h8-9,12,14-17H,5-7,10-11,13H2,1-4H3,(H,26,27,28). The van der Waals surface area contributed by atoms with E-state index in [1.807, 2.05) is 23.6 Å². The summed E-state index contributed by atoms with van der Waals surface area (Å²) in [4.78, 5) is 18.2. The highest BCUT2D eigenvalue weighted by Gasteiger charge is 2.32. The lowest BCUT2D eigenvalue weighted by molar-refractivity contribution is 0.0601. The zero-order valence-corrected chi connectivity index (χ0v) is 20.2. The minimum absolute atomic E-state index is 0.0318. The summed E-state index contributed by atoms with van der Waals surface area (Å²) in [5.74, 6) is 1.29. The number of nitrogens with zero attached hydrogens (tertiary/aromatic N) is 3. The van der Waals surface area contributed by atoms with E-state index in [2.05, 4.69) is 41.8 Å². The van der Waals surface area contributed by atoms with Crippen molar-refractivity contribution in [3.63, 3.8) is 0 Å². The lowest BCUT2D eigenvalue weighted by Gasteiger charge is -2.35. The number of carbonyl (C=O) groups is 1. The molecule has 0 bridgehead atoms. The number of hydrogen-bond acceptors (Lipinski definition) is 6. The third-order valence-corrected chi connectivity index (χ3v) is 7.11. The Morgan fingerprint density at radius 1 is 1.28 bits per heavy atom. The molecule has 7 heteroatoms.